The highest BCUT2D eigenvalue weighted by Crippen LogP contribution is 2.42. The molecule has 0 radical (unpaired) electrons. The van der Waals surface area contributed by atoms with E-state index < -0.39 is 12.1 Å². The third-order valence-electron chi connectivity index (χ3n) is 6.13. The molecule has 1 aromatic rings. The summed E-state index contributed by atoms with van der Waals surface area (Å²) in [7, 11) is 0. The predicted molar refractivity (Wildman–Crippen MR) is 129 cm³/mol. The van der Waals surface area contributed by atoms with E-state index in [0.717, 1.165) is 19.3 Å². The molecule has 7 nitrogen and oxygen atoms in total. The van der Waals surface area contributed by atoms with Crippen molar-refractivity contribution < 1.29 is 25.3 Å². The molecule has 184 valence electrons. The third-order valence-corrected chi connectivity index (χ3v) is 6.39. The predicted octanol–water partition coefficient (Wildman–Crippen LogP) is 2.91. The lowest BCUT2D eigenvalue weighted by atomic mass is 9.70. The number of nitrogens with one attached hydrogen (secondary N) is 1. The number of likely N-dealkylation sites (tertiary alicyclic amines) is 1. The second-order valence-corrected chi connectivity index (χ2v) is 9.52. The molecule has 1 aliphatic heterocycles. The zero-order chi connectivity index (χ0) is 22.3. The van der Waals surface area contributed by atoms with Crippen LogP contribution < -0.4 is 5.32 Å². The smallest absolute Gasteiger partial charge is 0.247 e. The molecular weight excluding hydrogens is 432 g/mol. The molecule has 1 aliphatic carbocycles. The average molecular weight is 473 g/mol. The highest BCUT2D eigenvalue weighted by Gasteiger charge is 2.40. The number of carbonyl (C=O) groups excluding carboxylic acids is 2. The molecule has 1 heterocycles. The van der Waals surface area contributed by atoms with Crippen LogP contribution in [0.25, 0.3) is 0 Å². The monoisotopic (exact) mass is 472 g/mol. The molecule has 5 N–H and O–H groups in total. The lowest BCUT2D eigenvalue weighted by molar-refractivity contribution is -0.140. The topological polar surface area (TPSA) is 121 Å². The number of amides is 2. The first kappa shape index (κ1) is 30.3. The van der Waals surface area contributed by atoms with Crippen molar-refractivity contribution >= 4 is 23.9 Å². The molecule has 2 unspecified atom stereocenters. The zero-order valence-corrected chi connectivity index (χ0v) is 19.4. The molecule has 2 aliphatic rings. The highest BCUT2D eigenvalue weighted by molar-refractivity contribution is 6.30. The molecule has 32 heavy (non-hydrogen) atoms. The number of aliphatic hydroxyl groups excluding tert-OH is 2. The SMILES string of the molecule is C.CC(O)[C@@H](NC=O)C(=O)N1CCC(c2ccc(Cl)cc2)C(C)(C)C1.O.OC1CCCC1. The van der Waals surface area contributed by atoms with Crippen molar-refractivity contribution in [3.8, 4) is 0 Å². The van der Waals surface area contributed by atoms with Crippen molar-refractivity contribution in [1.29, 1.82) is 0 Å². The maximum absolute atomic E-state index is 12.6. The normalized spacial score (nSPS) is 21.7. The summed E-state index contributed by atoms with van der Waals surface area (Å²) in [6, 6.07) is 6.96. The van der Waals surface area contributed by atoms with E-state index in [1.807, 2.05) is 24.3 Å². The summed E-state index contributed by atoms with van der Waals surface area (Å²) >= 11 is 5.97. The summed E-state index contributed by atoms with van der Waals surface area (Å²) in [6.45, 7) is 6.94. The second-order valence-electron chi connectivity index (χ2n) is 9.08. The van der Waals surface area contributed by atoms with Crippen LogP contribution in [0.3, 0.4) is 0 Å². The van der Waals surface area contributed by atoms with Gasteiger partial charge in [-0.1, -0.05) is 57.8 Å². The van der Waals surface area contributed by atoms with E-state index in [1.54, 1.807) is 4.90 Å². The molecule has 1 saturated heterocycles. The van der Waals surface area contributed by atoms with Crippen molar-refractivity contribution in [3.05, 3.63) is 34.9 Å². The maximum Gasteiger partial charge on any atom is 0.247 e. The Balaban J connectivity index is 0.00000104. The van der Waals surface area contributed by atoms with Crippen LogP contribution >= 0.6 is 11.6 Å². The van der Waals surface area contributed by atoms with E-state index in [2.05, 4.69) is 19.2 Å². The minimum absolute atomic E-state index is 0. The van der Waals surface area contributed by atoms with Crippen LogP contribution in [0.2, 0.25) is 5.02 Å². The molecule has 2 fully saturated rings. The van der Waals surface area contributed by atoms with Crippen LogP contribution in [0.1, 0.15) is 71.8 Å². The number of piperidine rings is 1. The number of benzene rings is 1. The molecule has 0 spiro atoms. The summed E-state index contributed by atoms with van der Waals surface area (Å²) < 4.78 is 0. The summed E-state index contributed by atoms with van der Waals surface area (Å²) in [6.07, 6.45) is 4.96. The molecule has 0 aromatic heterocycles. The van der Waals surface area contributed by atoms with Gasteiger partial charge in [0.1, 0.15) is 6.04 Å². The molecule has 2 amide bonds. The molecule has 1 aromatic carbocycles. The Bertz CT molecular complexity index is 690. The lowest BCUT2D eigenvalue weighted by Crippen LogP contribution is -2.56. The lowest BCUT2D eigenvalue weighted by Gasteiger charge is -2.45. The largest absolute Gasteiger partial charge is 0.412 e. The Morgan fingerprint density at radius 2 is 1.78 bits per heavy atom. The van der Waals surface area contributed by atoms with Gasteiger partial charge in [0.25, 0.3) is 0 Å². The van der Waals surface area contributed by atoms with Crippen LogP contribution in [0.4, 0.5) is 0 Å². The number of rotatable bonds is 5. The first-order valence-corrected chi connectivity index (χ1v) is 11.1. The standard InChI is InChI=1S/C18H25ClN2O3.C5H10O.CH4.H2O/c1-12(23)16(20-11-22)17(24)21-9-8-15(18(2,3)10-21)13-4-6-14(19)7-5-13;6-5-3-1-2-4-5;;/h4-7,11-12,15-16,23H,8-10H2,1-3H3,(H,20,22);5-6H,1-4H2;1H4;1H2/t12?,15?,16-;;;/m1.../s1. The Morgan fingerprint density at radius 1 is 1.22 bits per heavy atom. The molecule has 8 heteroatoms. The zero-order valence-electron chi connectivity index (χ0n) is 18.7. The molecular formula is C24H41ClN2O5. The number of aliphatic hydroxyl groups is 2. The number of halogens is 1. The van der Waals surface area contributed by atoms with Crippen molar-refractivity contribution in [2.24, 2.45) is 5.41 Å². The van der Waals surface area contributed by atoms with E-state index in [4.69, 9.17) is 16.7 Å². The van der Waals surface area contributed by atoms with Gasteiger partial charge in [0.05, 0.1) is 12.2 Å². The quantitative estimate of drug-likeness (QED) is 0.570. The van der Waals surface area contributed by atoms with Crippen LogP contribution in [0, 0.1) is 5.41 Å². The number of nitrogens with zero attached hydrogens (tertiary/aromatic N) is 1. The van der Waals surface area contributed by atoms with Gasteiger partial charge in [-0.25, -0.2) is 0 Å². The minimum Gasteiger partial charge on any atom is -0.412 e. The molecule has 1 saturated carbocycles. The van der Waals surface area contributed by atoms with Gasteiger partial charge >= 0.3 is 0 Å². The Morgan fingerprint density at radius 3 is 2.19 bits per heavy atom. The van der Waals surface area contributed by atoms with E-state index in [0.29, 0.717) is 30.4 Å². The maximum atomic E-state index is 12.6. The number of hydrogen-bond acceptors (Lipinski definition) is 4. The van der Waals surface area contributed by atoms with Gasteiger partial charge in [0.2, 0.25) is 12.3 Å². The second kappa shape index (κ2) is 13.8. The van der Waals surface area contributed by atoms with Crippen LogP contribution in [-0.2, 0) is 9.59 Å². The number of carbonyl (C=O) groups is 2. The van der Waals surface area contributed by atoms with E-state index in [9.17, 15) is 14.7 Å². The van der Waals surface area contributed by atoms with Crippen LogP contribution in [-0.4, -0.2) is 64.2 Å². The Hall–Kier alpha value is -1.67. The molecule has 0 bridgehead atoms. The fraction of sp³-hybridized carbons (Fsp3) is 0.667. The van der Waals surface area contributed by atoms with Crippen LogP contribution in [0.15, 0.2) is 24.3 Å². The van der Waals surface area contributed by atoms with Gasteiger partial charge in [0.15, 0.2) is 0 Å². The fourth-order valence-corrected chi connectivity index (χ4v) is 4.58. The van der Waals surface area contributed by atoms with Gasteiger partial charge in [-0.2, -0.15) is 0 Å². The minimum atomic E-state index is -0.931. The van der Waals surface area contributed by atoms with Crippen LogP contribution in [0.5, 0.6) is 0 Å². The van der Waals surface area contributed by atoms with Crippen molar-refractivity contribution in [2.75, 3.05) is 13.1 Å². The Kier molecular flexibility index (Phi) is 13.1. The van der Waals surface area contributed by atoms with Crippen molar-refractivity contribution in [3.63, 3.8) is 0 Å². The van der Waals surface area contributed by atoms with E-state index in [1.165, 1.54) is 25.3 Å². The van der Waals surface area contributed by atoms with E-state index >= 15 is 0 Å². The molecule has 3 rings (SSSR count). The first-order chi connectivity index (χ1) is 14.2. The van der Waals surface area contributed by atoms with Crippen molar-refractivity contribution in [2.45, 2.75) is 84.5 Å². The summed E-state index contributed by atoms with van der Waals surface area (Å²) in [5.41, 5.74) is 1.10. The third kappa shape index (κ3) is 8.35. The highest BCUT2D eigenvalue weighted by atomic mass is 35.5. The summed E-state index contributed by atoms with van der Waals surface area (Å²) in [4.78, 5) is 25.1. The van der Waals surface area contributed by atoms with Gasteiger partial charge in [-0.15, -0.1) is 0 Å². The van der Waals surface area contributed by atoms with Gasteiger partial charge in [-0.05, 0) is 55.2 Å². The van der Waals surface area contributed by atoms with Gasteiger partial charge < -0.3 is 25.9 Å². The van der Waals surface area contributed by atoms with E-state index in [-0.39, 0.29) is 30.3 Å². The van der Waals surface area contributed by atoms with Gasteiger partial charge in [0, 0.05) is 18.1 Å². The molecule has 3 atom stereocenters. The average Bonchev–Trinajstić information content (AvgIpc) is 3.17. The Labute approximate surface area is 197 Å². The number of hydrogen-bond donors (Lipinski definition) is 3. The summed E-state index contributed by atoms with van der Waals surface area (Å²) in [5.74, 6) is 0.0857. The van der Waals surface area contributed by atoms with Gasteiger partial charge in [-0.3, -0.25) is 9.59 Å². The van der Waals surface area contributed by atoms with Crippen molar-refractivity contribution in [1.82, 2.24) is 10.2 Å². The summed E-state index contributed by atoms with van der Waals surface area (Å²) in [5, 5.41) is 21.6. The fourth-order valence-electron chi connectivity index (χ4n) is 4.45. The first-order valence-electron chi connectivity index (χ1n) is 10.8.